The van der Waals surface area contributed by atoms with E-state index in [-0.39, 0.29) is 5.56 Å². The summed E-state index contributed by atoms with van der Waals surface area (Å²) in [6.45, 7) is 1.92. The van der Waals surface area contributed by atoms with Crippen molar-refractivity contribution in [3.63, 3.8) is 0 Å². The van der Waals surface area contributed by atoms with Crippen molar-refractivity contribution in [1.82, 2.24) is 4.57 Å². The van der Waals surface area contributed by atoms with Crippen LogP contribution in [0, 0.1) is 0 Å². The fourth-order valence-electron chi connectivity index (χ4n) is 1.71. The maximum Gasteiger partial charge on any atom is 0.255 e. The molecule has 2 aromatic rings. The van der Waals surface area contributed by atoms with E-state index in [1.807, 2.05) is 19.1 Å². The maximum absolute atomic E-state index is 11.8. The van der Waals surface area contributed by atoms with Crippen LogP contribution in [0.5, 0.6) is 0 Å². The van der Waals surface area contributed by atoms with Crippen LogP contribution in [0.25, 0.3) is 11.8 Å². The van der Waals surface area contributed by atoms with Crippen LogP contribution in [0.2, 0.25) is 0 Å². The van der Waals surface area contributed by atoms with Crippen LogP contribution in [0.15, 0.2) is 53.5 Å². The van der Waals surface area contributed by atoms with Crippen LogP contribution >= 0.6 is 0 Å². The number of carbonyl (C=O) groups is 1. The number of benzene rings is 1. The van der Waals surface area contributed by atoms with E-state index in [9.17, 15) is 9.59 Å². The van der Waals surface area contributed by atoms with Gasteiger partial charge in [-0.05, 0) is 42.8 Å². The third kappa shape index (κ3) is 2.46. The third-order valence-electron chi connectivity index (χ3n) is 2.60. The largest absolute Gasteiger partial charge is 0.298 e. The van der Waals surface area contributed by atoms with Crippen molar-refractivity contribution in [3.05, 3.63) is 70.2 Å². The zero-order chi connectivity index (χ0) is 13.0. The molecule has 0 atom stereocenters. The molecule has 0 saturated carbocycles. The van der Waals surface area contributed by atoms with Gasteiger partial charge in [0, 0.05) is 23.5 Å². The molecule has 0 spiro atoms. The molecule has 0 bridgehead atoms. The van der Waals surface area contributed by atoms with E-state index in [0.29, 0.717) is 5.56 Å². The molecular weight excluding hydrogens is 226 g/mol. The molecule has 18 heavy (non-hydrogen) atoms. The molecule has 1 heterocycles. The molecule has 0 amide bonds. The summed E-state index contributed by atoms with van der Waals surface area (Å²) in [6.07, 6.45) is 6.40. The molecule has 0 fully saturated rings. The molecule has 0 aliphatic rings. The normalized spacial score (nSPS) is 10.7. The van der Waals surface area contributed by atoms with E-state index in [1.54, 1.807) is 41.1 Å². The fourth-order valence-corrected chi connectivity index (χ4v) is 1.71. The number of pyridine rings is 1. The number of nitrogens with zero attached hydrogens (tertiary/aromatic N) is 1. The Hall–Kier alpha value is -2.42. The van der Waals surface area contributed by atoms with Gasteiger partial charge in [0.05, 0.1) is 0 Å². The van der Waals surface area contributed by atoms with Crippen LogP contribution in [0.3, 0.4) is 0 Å². The SMILES string of the molecule is C/C=C/c1ccc(=O)n(-c2ccc(C=O)cc2)c1. The molecular formula is C15H13NO2. The highest BCUT2D eigenvalue weighted by molar-refractivity contribution is 5.75. The number of aromatic nitrogens is 1. The van der Waals surface area contributed by atoms with E-state index in [1.165, 1.54) is 6.07 Å². The molecule has 1 aromatic heterocycles. The maximum atomic E-state index is 11.8. The minimum atomic E-state index is -0.0953. The Morgan fingerprint density at radius 2 is 1.67 bits per heavy atom. The van der Waals surface area contributed by atoms with Crippen molar-refractivity contribution in [2.45, 2.75) is 6.92 Å². The Kier molecular flexibility index (Phi) is 3.53. The third-order valence-corrected chi connectivity index (χ3v) is 2.60. The zero-order valence-electron chi connectivity index (χ0n) is 10.0. The number of hydrogen-bond acceptors (Lipinski definition) is 2. The van der Waals surface area contributed by atoms with Crippen LogP contribution in [-0.2, 0) is 0 Å². The number of hydrogen-bond donors (Lipinski definition) is 0. The second kappa shape index (κ2) is 5.27. The van der Waals surface area contributed by atoms with Gasteiger partial charge in [-0.3, -0.25) is 14.2 Å². The minimum Gasteiger partial charge on any atom is -0.298 e. The van der Waals surface area contributed by atoms with Gasteiger partial charge in [-0.2, -0.15) is 0 Å². The Labute approximate surface area is 105 Å². The first-order valence-electron chi connectivity index (χ1n) is 5.65. The van der Waals surface area contributed by atoms with Gasteiger partial charge in [0.15, 0.2) is 0 Å². The second-order valence-electron chi connectivity index (χ2n) is 3.88. The minimum absolute atomic E-state index is 0.0953. The Morgan fingerprint density at radius 3 is 2.28 bits per heavy atom. The van der Waals surface area contributed by atoms with Crippen molar-refractivity contribution in [2.24, 2.45) is 0 Å². The summed E-state index contributed by atoms with van der Waals surface area (Å²) in [5.74, 6) is 0. The van der Waals surface area contributed by atoms with E-state index < -0.39 is 0 Å². The molecule has 2 rings (SSSR count). The standard InChI is InChI=1S/C15H13NO2/c1-2-3-12-6-9-15(18)16(10-12)14-7-4-13(11-17)5-8-14/h2-11H,1H3/b3-2+. The summed E-state index contributed by atoms with van der Waals surface area (Å²) in [5, 5.41) is 0. The van der Waals surface area contributed by atoms with Gasteiger partial charge in [-0.25, -0.2) is 0 Å². The van der Waals surface area contributed by atoms with Gasteiger partial charge in [-0.15, -0.1) is 0 Å². The number of rotatable bonds is 3. The average Bonchev–Trinajstić information content (AvgIpc) is 2.41. The summed E-state index contributed by atoms with van der Waals surface area (Å²) >= 11 is 0. The highest BCUT2D eigenvalue weighted by atomic mass is 16.1. The highest BCUT2D eigenvalue weighted by Crippen LogP contribution is 2.08. The van der Waals surface area contributed by atoms with Gasteiger partial charge in [0.2, 0.25) is 0 Å². The van der Waals surface area contributed by atoms with Crippen LogP contribution in [0.4, 0.5) is 0 Å². The molecule has 0 N–H and O–H groups in total. The van der Waals surface area contributed by atoms with Crippen molar-refractivity contribution < 1.29 is 4.79 Å². The highest BCUT2D eigenvalue weighted by Gasteiger charge is 2.00. The van der Waals surface area contributed by atoms with Crippen molar-refractivity contribution >= 4 is 12.4 Å². The molecule has 0 aliphatic carbocycles. The summed E-state index contributed by atoms with van der Waals surface area (Å²) in [4.78, 5) is 22.4. The molecule has 3 heteroatoms. The van der Waals surface area contributed by atoms with Gasteiger partial charge in [-0.1, -0.05) is 12.2 Å². The number of aldehydes is 1. The monoisotopic (exact) mass is 239 g/mol. The predicted molar refractivity (Wildman–Crippen MR) is 72.1 cm³/mol. The van der Waals surface area contributed by atoms with Gasteiger partial charge in [0.25, 0.3) is 5.56 Å². The summed E-state index contributed by atoms with van der Waals surface area (Å²) in [7, 11) is 0. The van der Waals surface area contributed by atoms with Gasteiger partial charge >= 0.3 is 0 Å². The fraction of sp³-hybridized carbons (Fsp3) is 0.0667. The van der Waals surface area contributed by atoms with Crippen LogP contribution in [0.1, 0.15) is 22.8 Å². The number of allylic oxidation sites excluding steroid dienone is 1. The van der Waals surface area contributed by atoms with Crippen molar-refractivity contribution in [2.75, 3.05) is 0 Å². The van der Waals surface area contributed by atoms with E-state index in [4.69, 9.17) is 0 Å². The molecule has 0 saturated heterocycles. The molecule has 0 aliphatic heterocycles. The lowest BCUT2D eigenvalue weighted by molar-refractivity contribution is 0.112. The van der Waals surface area contributed by atoms with Gasteiger partial charge in [0.1, 0.15) is 6.29 Å². The topological polar surface area (TPSA) is 39.1 Å². The lowest BCUT2D eigenvalue weighted by Crippen LogP contribution is -2.16. The van der Waals surface area contributed by atoms with E-state index >= 15 is 0 Å². The van der Waals surface area contributed by atoms with Crippen LogP contribution < -0.4 is 5.56 Å². The Balaban J connectivity index is 2.51. The first-order chi connectivity index (χ1) is 8.74. The molecule has 0 unspecified atom stereocenters. The zero-order valence-corrected chi connectivity index (χ0v) is 10.0. The average molecular weight is 239 g/mol. The van der Waals surface area contributed by atoms with E-state index in [2.05, 4.69) is 0 Å². The molecule has 1 aromatic carbocycles. The quantitative estimate of drug-likeness (QED) is 0.772. The van der Waals surface area contributed by atoms with E-state index in [0.717, 1.165) is 17.5 Å². The smallest absolute Gasteiger partial charge is 0.255 e. The van der Waals surface area contributed by atoms with Crippen molar-refractivity contribution in [3.8, 4) is 5.69 Å². The van der Waals surface area contributed by atoms with Gasteiger partial charge < -0.3 is 0 Å². The summed E-state index contributed by atoms with van der Waals surface area (Å²) < 4.78 is 1.56. The van der Waals surface area contributed by atoms with Crippen LogP contribution in [-0.4, -0.2) is 10.9 Å². The Bertz CT molecular complexity index is 636. The first kappa shape index (κ1) is 12.0. The molecule has 3 nitrogen and oxygen atoms in total. The number of carbonyl (C=O) groups excluding carboxylic acids is 1. The second-order valence-corrected chi connectivity index (χ2v) is 3.88. The summed E-state index contributed by atoms with van der Waals surface area (Å²) in [6, 6.07) is 10.2. The lowest BCUT2D eigenvalue weighted by Gasteiger charge is -2.06. The Morgan fingerprint density at radius 1 is 1.00 bits per heavy atom. The first-order valence-corrected chi connectivity index (χ1v) is 5.65. The summed E-state index contributed by atoms with van der Waals surface area (Å²) in [5.41, 5.74) is 2.20. The molecule has 0 radical (unpaired) electrons. The molecule has 90 valence electrons. The lowest BCUT2D eigenvalue weighted by atomic mass is 10.2. The predicted octanol–water partition coefficient (Wildman–Crippen LogP) is 2.68. The van der Waals surface area contributed by atoms with Crippen molar-refractivity contribution in [1.29, 1.82) is 0 Å².